The first-order valence-corrected chi connectivity index (χ1v) is 3.66. The van der Waals surface area contributed by atoms with Crippen LogP contribution in [0.15, 0.2) is 12.2 Å². The minimum Gasteiger partial charge on any atom is -0.393 e. The van der Waals surface area contributed by atoms with Crippen LogP contribution in [0.3, 0.4) is 0 Å². The molecule has 11 heavy (non-hydrogen) atoms. The number of hydrogen-bond acceptors (Lipinski definition) is 2. The van der Waals surface area contributed by atoms with E-state index in [1.165, 1.54) is 0 Å². The van der Waals surface area contributed by atoms with Gasteiger partial charge in [0.25, 0.3) is 0 Å². The van der Waals surface area contributed by atoms with Gasteiger partial charge in [-0.05, 0) is 20.3 Å². The molecule has 3 heteroatoms. The molecule has 0 aliphatic rings. The van der Waals surface area contributed by atoms with Gasteiger partial charge in [0, 0.05) is 12.1 Å². The maximum absolute atomic E-state index is 10.8. The van der Waals surface area contributed by atoms with E-state index in [-0.39, 0.29) is 12.0 Å². The number of carbonyl (C=O) groups is 1. The van der Waals surface area contributed by atoms with Gasteiger partial charge in [-0.2, -0.15) is 0 Å². The predicted molar refractivity (Wildman–Crippen MR) is 44.1 cm³/mol. The lowest BCUT2D eigenvalue weighted by atomic mass is 10.2. The summed E-state index contributed by atoms with van der Waals surface area (Å²) in [6.07, 6.45) is 0.222. The Balaban J connectivity index is 3.40. The first kappa shape index (κ1) is 10.2. The molecule has 0 bridgehead atoms. The number of nitrogens with one attached hydrogen (secondary N) is 1. The van der Waals surface area contributed by atoms with Gasteiger partial charge in [-0.25, -0.2) is 0 Å². The van der Waals surface area contributed by atoms with E-state index in [4.69, 9.17) is 5.11 Å². The first-order chi connectivity index (χ1) is 5.04. The van der Waals surface area contributed by atoms with E-state index in [0.717, 1.165) is 0 Å². The third-order valence-electron chi connectivity index (χ3n) is 1.24. The van der Waals surface area contributed by atoms with Gasteiger partial charge in [0.1, 0.15) is 0 Å². The van der Waals surface area contributed by atoms with Crippen molar-refractivity contribution in [2.24, 2.45) is 0 Å². The summed E-state index contributed by atoms with van der Waals surface area (Å²) in [6, 6.07) is 0. The van der Waals surface area contributed by atoms with Crippen LogP contribution in [-0.2, 0) is 4.79 Å². The molecule has 0 saturated heterocycles. The maximum atomic E-state index is 10.8. The number of aliphatic hydroxyl groups is 1. The van der Waals surface area contributed by atoms with Crippen LogP contribution in [-0.4, -0.2) is 23.7 Å². The molecule has 0 spiro atoms. The van der Waals surface area contributed by atoms with Crippen molar-refractivity contribution in [1.82, 2.24) is 5.32 Å². The summed E-state index contributed by atoms with van der Waals surface area (Å²) in [5.41, 5.74) is 0.496. The molecule has 64 valence electrons. The number of carbonyl (C=O) groups excluding carboxylic acids is 1. The lowest BCUT2D eigenvalue weighted by Gasteiger charge is -2.05. The van der Waals surface area contributed by atoms with Crippen LogP contribution in [0, 0.1) is 0 Å². The highest BCUT2D eigenvalue weighted by Crippen LogP contribution is 1.89. The SMILES string of the molecule is C=C(C)C(=O)NCCC(C)O. The Morgan fingerprint density at radius 2 is 2.27 bits per heavy atom. The topological polar surface area (TPSA) is 49.3 Å². The maximum Gasteiger partial charge on any atom is 0.246 e. The summed E-state index contributed by atoms with van der Waals surface area (Å²) < 4.78 is 0. The molecule has 0 aliphatic carbocycles. The lowest BCUT2D eigenvalue weighted by Crippen LogP contribution is -2.26. The largest absolute Gasteiger partial charge is 0.393 e. The summed E-state index contributed by atoms with van der Waals surface area (Å²) in [7, 11) is 0. The van der Waals surface area contributed by atoms with Crippen LogP contribution in [0.5, 0.6) is 0 Å². The Morgan fingerprint density at radius 3 is 2.64 bits per heavy atom. The van der Waals surface area contributed by atoms with Crippen LogP contribution in [0.25, 0.3) is 0 Å². The van der Waals surface area contributed by atoms with E-state index >= 15 is 0 Å². The Bertz CT molecular complexity index is 152. The standard InChI is InChI=1S/C8H15NO2/c1-6(2)8(11)9-5-4-7(3)10/h7,10H,1,4-5H2,2-3H3,(H,9,11). The van der Waals surface area contributed by atoms with Crippen molar-refractivity contribution >= 4 is 5.91 Å². The smallest absolute Gasteiger partial charge is 0.246 e. The number of amides is 1. The molecule has 1 atom stereocenters. The molecule has 0 aromatic rings. The van der Waals surface area contributed by atoms with Crippen molar-refractivity contribution in [3.63, 3.8) is 0 Å². The zero-order valence-electron chi connectivity index (χ0n) is 7.05. The van der Waals surface area contributed by atoms with Crippen molar-refractivity contribution in [1.29, 1.82) is 0 Å². The quantitative estimate of drug-likeness (QED) is 0.582. The van der Waals surface area contributed by atoms with Crippen LogP contribution < -0.4 is 5.32 Å². The van der Waals surface area contributed by atoms with Crippen LogP contribution in [0.1, 0.15) is 20.3 Å². The molecule has 3 nitrogen and oxygen atoms in total. The van der Waals surface area contributed by atoms with Crippen molar-refractivity contribution in [2.75, 3.05) is 6.54 Å². The predicted octanol–water partition coefficient (Wildman–Crippen LogP) is 0.450. The fraction of sp³-hybridized carbons (Fsp3) is 0.625. The molecule has 0 heterocycles. The number of rotatable bonds is 4. The second-order valence-electron chi connectivity index (χ2n) is 2.67. The minimum atomic E-state index is -0.361. The highest BCUT2D eigenvalue weighted by atomic mass is 16.3. The van der Waals surface area contributed by atoms with E-state index in [9.17, 15) is 4.79 Å². The molecular formula is C8H15NO2. The zero-order chi connectivity index (χ0) is 8.85. The fourth-order valence-electron chi connectivity index (χ4n) is 0.545. The van der Waals surface area contributed by atoms with E-state index in [2.05, 4.69) is 11.9 Å². The monoisotopic (exact) mass is 157 g/mol. The Kier molecular flexibility index (Phi) is 4.54. The molecule has 0 aliphatic heterocycles. The first-order valence-electron chi connectivity index (χ1n) is 3.66. The molecule has 0 saturated carbocycles. The second-order valence-corrected chi connectivity index (χ2v) is 2.67. The molecule has 0 aromatic heterocycles. The second kappa shape index (κ2) is 4.91. The van der Waals surface area contributed by atoms with E-state index in [1.807, 2.05) is 0 Å². The Labute approximate surface area is 67.1 Å². The van der Waals surface area contributed by atoms with Crippen molar-refractivity contribution in [3.05, 3.63) is 12.2 Å². The summed E-state index contributed by atoms with van der Waals surface area (Å²) in [5, 5.41) is 11.4. The van der Waals surface area contributed by atoms with Crippen molar-refractivity contribution < 1.29 is 9.90 Å². The minimum absolute atomic E-state index is 0.148. The molecule has 1 amide bonds. The summed E-state index contributed by atoms with van der Waals surface area (Å²) in [5.74, 6) is -0.148. The summed E-state index contributed by atoms with van der Waals surface area (Å²) >= 11 is 0. The van der Waals surface area contributed by atoms with Gasteiger partial charge in [-0.1, -0.05) is 6.58 Å². The van der Waals surface area contributed by atoms with Gasteiger partial charge in [-0.15, -0.1) is 0 Å². The lowest BCUT2D eigenvalue weighted by molar-refractivity contribution is -0.117. The zero-order valence-corrected chi connectivity index (χ0v) is 7.05. The van der Waals surface area contributed by atoms with Crippen LogP contribution in [0.4, 0.5) is 0 Å². The Hall–Kier alpha value is -0.830. The van der Waals surface area contributed by atoms with Gasteiger partial charge in [0.15, 0.2) is 0 Å². The summed E-state index contributed by atoms with van der Waals surface area (Å²) in [6.45, 7) is 7.32. The van der Waals surface area contributed by atoms with Gasteiger partial charge in [0.05, 0.1) is 6.10 Å². The van der Waals surface area contributed by atoms with E-state index < -0.39 is 0 Å². The molecule has 0 fully saturated rings. The fourth-order valence-corrected chi connectivity index (χ4v) is 0.545. The normalized spacial score (nSPS) is 12.3. The van der Waals surface area contributed by atoms with Gasteiger partial charge in [0.2, 0.25) is 5.91 Å². The van der Waals surface area contributed by atoms with E-state index in [1.54, 1.807) is 13.8 Å². The molecule has 2 N–H and O–H groups in total. The summed E-state index contributed by atoms with van der Waals surface area (Å²) in [4.78, 5) is 10.8. The number of hydrogen-bond donors (Lipinski definition) is 2. The van der Waals surface area contributed by atoms with Gasteiger partial charge in [-0.3, -0.25) is 4.79 Å². The van der Waals surface area contributed by atoms with Crippen molar-refractivity contribution in [2.45, 2.75) is 26.4 Å². The Morgan fingerprint density at radius 1 is 1.73 bits per heavy atom. The molecular weight excluding hydrogens is 142 g/mol. The average molecular weight is 157 g/mol. The average Bonchev–Trinajstić information content (AvgIpc) is 1.86. The van der Waals surface area contributed by atoms with Crippen molar-refractivity contribution in [3.8, 4) is 0 Å². The molecule has 0 radical (unpaired) electrons. The van der Waals surface area contributed by atoms with E-state index in [0.29, 0.717) is 18.5 Å². The van der Waals surface area contributed by atoms with Gasteiger partial charge < -0.3 is 10.4 Å². The highest BCUT2D eigenvalue weighted by molar-refractivity contribution is 5.91. The highest BCUT2D eigenvalue weighted by Gasteiger charge is 2.00. The number of aliphatic hydroxyl groups excluding tert-OH is 1. The molecule has 0 aromatic carbocycles. The van der Waals surface area contributed by atoms with Crippen LogP contribution >= 0.6 is 0 Å². The molecule has 0 rings (SSSR count). The third kappa shape index (κ3) is 5.61. The molecule has 1 unspecified atom stereocenters. The van der Waals surface area contributed by atoms with Gasteiger partial charge >= 0.3 is 0 Å². The third-order valence-corrected chi connectivity index (χ3v) is 1.24. The van der Waals surface area contributed by atoms with Crippen LogP contribution in [0.2, 0.25) is 0 Å².